The van der Waals surface area contributed by atoms with E-state index in [0.29, 0.717) is 0 Å². The standard InChI is InChI=1S/C14H27N5O/c1-4-15-11-13-12-20-14(16-13)19-9-7-18(8-10-19)6-5-17(2)3/h12,15H,4-11H2,1-3H3. The number of hydrogen-bond acceptors (Lipinski definition) is 6. The third-order valence-corrected chi connectivity index (χ3v) is 3.60. The molecule has 0 radical (unpaired) electrons. The molecular weight excluding hydrogens is 254 g/mol. The topological polar surface area (TPSA) is 47.8 Å². The van der Waals surface area contributed by atoms with Crippen LogP contribution in [0.2, 0.25) is 0 Å². The largest absolute Gasteiger partial charge is 0.432 e. The van der Waals surface area contributed by atoms with Gasteiger partial charge in [0.05, 0.1) is 5.69 Å². The molecule has 1 aliphatic heterocycles. The van der Waals surface area contributed by atoms with Crippen LogP contribution in [0.5, 0.6) is 0 Å². The van der Waals surface area contributed by atoms with Crippen LogP contribution in [0, 0.1) is 0 Å². The van der Waals surface area contributed by atoms with Gasteiger partial charge in [0, 0.05) is 45.8 Å². The molecule has 20 heavy (non-hydrogen) atoms. The summed E-state index contributed by atoms with van der Waals surface area (Å²) in [7, 11) is 4.24. The number of likely N-dealkylation sites (N-methyl/N-ethyl adjacent to an activating group) is 1. The SMILES string of the molecule is CCNCc1coc(N2CCN(CCN(C)C)CC2)n1. The number of hydrogen-bond donors (Lipinski definition) is 1. The minimum absolute atomic E-state index is 0.769. The number of nitrogens with one attached hydrogen (secondary N) is 1. The van der Waals surface area contributed by atoms with Gasteiger partial charge >= 0.3 is 0 Å². The second kappa shape index (κ2) is 7.61. The highest BCUT2D eigenvalue weighted by Crippen LogP contribution is 2.15. The molecule has 6 heteroatoms. The van der Waals surface area contributed by atoms with Crippen LogP contribution in [0.4, 0.5) is 6.01 Å². The van der Waals surface area contributed by atoms with Crippen molar-refractivity contribution < 1.29 is 4.42 Å². The fourth-order valence-electron chi connectivity index (χ4n) is 2.28. The Balaban J connectivity index is 1.77. The zero-order valence-corrected chi connectivity index (χ0v) is 12.9. The van der Waals surface area contributed by atoms with E-state index in [-0.39, 0.29) is 0 Å². The lowest BCUT2D eigenvalue weighted by Crippen LogP contribution is -2.48. The van der Waals surface area contributed by atoms with Crippen LogP contribution in [0.1, 0.15) is 12.6 Å². The van der Waals surface area contributed by atoms with Gasteiger partial charge in [-0.25, -0.2) is 0 Å². The van der Waals surface area contributed by atoms with Crippen molar-refractivity contribution in [3.63, 3.8) is 0 Å². The Kier molecular flexibility index (Phi) is 5.82. The first-order chi connectivity index (χ1) is 9.69. The molecular formula is C14H27N5O. The highest BCUT2D eigenvalue weighted by molar-refractivity contribution is 5.27. The summed E-state index contributed by atoms with van der Waals surface area (Å²) in [6, 6.07) is 0.769. The van der Waals surface area contributed by atoms with E-state index in [1.54, 1.807) is 6.26 Å². The van der Waals surface area contributed by atoms with Crippen LogP contribution in [-0.2, 0) is 6.54 Å². The third-order valence-electron chi connectivity index (χ3n) is 3.60. The van der Waals surface area contributed by atoms with Crippen molar-refractivity contribution in [1.29, 1.82) is 0 Å². The molecule has 0 bridgehead atoms. The van der Waals surface area contributed by atoms with Crippen LogP contribution in [0.15, 0.2) is 10.7 Å². The highest BCUT2D eigenvalue weighted by atomic mass is 16.4. The van der Waals surface area contributed by atoms with Gasteiger partial charge < -0.3 is 19.5 Å². The molecule has 6 nitrogen and oxygen atoms in total. The Morgan fingerprint density at radius 2 is 2.05 bits per heavy atom. The summed E-state index contributed by atoms with van der Waals surface area (Å²) in [5.74, 6) is 0. The van der Waals surface area contributed by atoms with Crippen LogP contribution < -0.4 is 10.2 Å². The lowest BCUT2D eigenvalue weighted by atomic mass is 10.3. The molecule has 0 spiro atoms. The van der Waals surface area contributed by atoms with Crippen LogP contribution >= 0.6 is 0 Å². The molecule has 0 saturated carbocycles. The summed E-state index contributed by atoms with van der Waals surface area (Å²) < 4.78 is 5.58. The van der Waals surface area contributed by atoms with Gasteiger partial charge in [0.15, 0.2) is 0 Å². The number of aromatic nitrogens is 1. The molecule has 0 amide bonds. The zero-order chi connectivity index (χ0) is 14.4. The van der Waals surface area contributed by atoms with Crippen LogP contribution in [0.25, 0.3) is 0 Å². The fraction of sp³-hybridized carbons (Fsp3) is 0.786. The van der Waals surface area contributed by atoms with Crippen molar-refractivity contribution in [3.8, 4) is 0 Å². The van der Waals surface area contributed by atoms with E-state index < -0.39 is 0 Å². The van der Waals surface area contributed by atoms with E-state index in [1.165, 1.54) is 0 Å². The molecule has 0 aliphatic carbocycles. The summed E-state index contributed by atoms with van der Waals surface area (Å²) in [5, 5.41) is 3.26. The number of anilines is 1. The molecule has 1 aromatic heterocycles. The molecule has 2 heterocycles. The second-order valence-electron chi connectivity index (χ2n) is 5.53. The molecule has 2 rings (SSSR count). The van der Waals surface area contributed by atoms with Crippen molar-refractivity contribution in [2.24, 2.45) is 0 Å². The first-order valence-corrected chi connectivity index (χ1v) is 7.46. The Hall–Kier alpha value is -1.11. The van der Waals surface area contributed by atoms with Gasteiger partial charge in [-0.05, 0) is 20.6 Å². The Bertz CT molecular complexity index is 385. The van der Waals surface area contributed by atoms with Crippen molar-refractivity contribution in [1.82, 2.24) is 20.1 Å². The fourth-order valence-corrected chi connectivity index (χ4v) is 2.28. The number of nitrogens with zero attached hydrogens (tertiary/aromatic N) is 4. The molecule has 0 unspecified atom stereocenters. The number of rotatable bonds is 7. The van der Waals surface area contributed by atoms with Crippen molar-refractivity contribution in [2.45, 2.75) is 13.5 Å². The minimum atomic E-state index is 0.769. The predicted octanol–water partition coefficient (Wildman–Crippen LogP) is 0.468. The van der Waals surface area contributed by atoms with Gasteiger partial charge in [0.2, 0.25) is 0 Å². The summed E-state index contributed by atoms with van der Waals surface area (Å²) >= 11 is 0. The van der Waals surface area contributed by atoms with E-state index in [1.807, 2.05) is 0 Å². The van der Waals surface area contributed by atoms with E-state index in [9.17, 15) is 0 Å². The molecule has 0 aromatic carbocycles. The van der Waals surface area contributed by atoms with Gasteiger partial charge in [-0.3, -0.25) is 4.90 Å². The van der Waals surface area contributed by atoms with Gasteiger partial charge in [0.1, 0.15) is 6.26 Å². The average molecular weight is 281 g/mol. The maximum absolute atomic E-state index is 5.58. The van der Waals surface area contributed by atoms with Crippen molar-refractivity contribution >= 4 is 6.01 Å². The van der Waals surface area contributed by atoms with E-state index in [4.69, 9.17) is 4.42 Å². The molecule has 1 N–H and O–H groups in total. The zero-order valence-electron chi connectivity index (χ0n) is 12.9. The normalized spacial score (nSPS) is 17.1. The first kappa shape index (κ1) is 15.3. The average Bonchev–Trinajstić information content (AvgIpc) is 2.92. The lowest BCUT2D eigenvalue weighted by Gasteiger charge is -2.34. The molecule has 114 valence electrons. The Morgan fingerprint density at radius 1 is 1.30 bits per heavy atom. The quantitative estimate of drug-likeness (QED) is 0.784. The van der Waals surface area contributed by atoms with Crippen LogP contribution in [0.3, 0.4) is 0 Å². The van der Waals surface area contributed by atoms with Crippen molar-refractivity contribution in [2.75, 3.05) is 64.8 Å². The molecule has 1 saturated heterocycles. The highest BCUT2D eigenvalue weighted by Gasteiger charge is 2.20. The predicted molar refractivity (Wildman–Crippen MR) is 81.1 cm³/mol. The Morgan fingerprint density at radius 3 is 2.70 bits per heavy atom. The molecule has 1 fully saturated rings. The summed E-state index contributed by atoms with van der Waals surface area (Å²) in [4.78, 5) is 11.5. The third kappa shape index (κ3) is 4.47. The van der Waals surface area contributed by atoms with Gasteiger partial charge in [0.25, 0.3) is 6.01 Å². The van der Waals surface area contributed by atoms with Gasteiger partial charge in [-0.2, -0.15) is 4.98 Å². The van der Waals surface area contributed by atoms with Crippen LogP contribution in [-0.4, -0.2) is 74.7 Å². The summed E-state index contributed by atoms with van der Waals surface area (Å²) in [6.45, 7) is 10.2. The maximum Gasteiger partial charge on any atom is 0.297 e. The molecule has 0 atom stereocenters. The monoisotopic (exact) mass is 281 g/mol. The summed E-state index contributed by atoms with van der Waals surface area (Å²) in [6.07, 6.45) is 1.76. The summed E-state index contributed by atoms with van der Waals surface area (Å²) in [5.41, 5.74) is 0.983. The molecule has 1 aliphatic rings. The van der Waals surface area contributed by atoms with E-state index in [0.717, 1.165) is 64.1 Å². The smallest absolute Gasteiger partial charge is 0.297 e. The second-order valence-corrected chi connectivity index (χ2v) is 5.53. The Labute approximate surface area is 121 Å². The first-order valence-electron chi connectivity index (χ1n) is 7.46. The molecule has 1 aromatic rings. The minimum Gasteiger partial charge on any atom is -0.432 e. The number of oxazole rings is 1. The van der Waals surface area contributed by atoms with Gasteiger partial charge in [-0.15, -0.1) is 0 Å². The maximum atomic E-state index is 5.58. The lowest BCUT2D eigenvalue weighted by molar-refractivity contribution is 0.226. The van der Waals surface area contributed by atoms with E-state index in [2.05, 4.69) is 46.0 Å². The van der Waals surface area contributed by atoms with Gasteiger partial charge in [-0.1, -0.05) is 6.92 Å². The van der Waals surface area contributed by atoms with E-state index >= 15 is 0 Å². The number of piperazine rings is 1. The van der Waals surface area contributed by atoms with Crippen molar-refractivity contribution in [3.05, 3.63) is 12.0 Å².